The highest BCUT2D eigenvalue weighted by Gasteiger charge is 2.16. The van der Waals surface area contributed by atoms with E-state index >= 15 is 0 Å². The first kappa shape index (κ1) is 14.0. The maximum Gasteiger partial charge on any atom is 0.133 e. The maximum absolute atomic E-state index is 5.70. The van der Waals surface area contributed by atoms with Crippen LogP contribution in [0.4, 0.5) is 0 Å². The second-order valence-corrected chi connectivity index (χ2v) is 5.08. The molecule has 1 atom stereocenters. The molecule has 4 nitrogen and oxygen atoms in total. The van der Waals surface area contributed by atoms with Crippen LogP contribution in [0.15, 0.2) is 41.1 Å². The highest BCUT2D eigenvalue weighted by atomic mass is 79.9. The topological polar surface area (TPSA) is 60.2 Å². The predicted octanol–water partition coefficient (Wildman–Crippen LogP) is 2.71. The summed E-state index contributed by atoms with van der Waals surface area (Å²) in [6.45, 7) is 2.04. The largest absolute Gasteiger partial charge is 0.496 e. The molecule has 3 N–H and O–H groups in total. The molecule has 19 heavy (non-hydrogen) atoms. The highest BCUT2D eigenvalue weighted by Crippen LogP contribution is 2.30. The van der Waals surface area contributed by atoms with Crippen LogP contribution in [-0.2, 0) is 0 Å². The summed E-state index contributed by atoms with van der Waals surface area (Å²) in [5.74, 6) is 6.50. The average Bonchev–Trinajstić information content (AvgIpc) is 2.42. The van der Waals surface area contributed by atoms with Gasteiger partial charge in [0.1, 0.15) is 5.75 Å². The quantitative estimate of drug-likeness (QED) is 0.671. The van der Waals surface area contributed by atoms with Crippen LogP contribution in [0.25, 0.3) is 0 Å². The van der Waals surface area contributed by atoms with E-state index in [1.165, 1.54) is 0 Å². The zero-order valence-corrected chi connectivity index (χ0v) is 12.4. The van der Waals surface area contributed by atoms with Crippen molar-refractivity contribution in [3.05, 3.63) is 57.8 Å². The molecule has 1 heterocycles. The minimum atomic E-state index is -0.101. The number of nitrogens with one attached hydrogen (secondary N) is 1. The van der Waals surface area contributed by atoms with Crippen LogP contribution in [0.1, 0.15) is 22.7 Å². The van der Waals surface area contributed by atoms with Gasteiger partial charge in [-0.3, -0.25) is 10.8 Å². The molecular weight excluding hydrogens is 306 g/mol. The Bertz CT molecular complexity index is 574. The average molecular weight is 322 g/mol. The molecule has 2 aromatic rings. The molecule has 2 rings (SSSR count). The second kappa shape index (κ2) is 6.14. The van der Waals surface area contributed by atoms with E-state index < -0.39 is 0 Å². The first-order valence-corrected chi connectivity index (χ1v) is 6.66. The van der Waals surface area contributed by atoms with Gasteiger partial charge in [-0.15, -0.1) is 0 Å². The first-order chi connectivity index (χ1) is 9.17. The summed E-state index contributed by atoms with van der Waals surface area (Å²) in [5, 5.41) is 0. The Balaban J connectivity index is 2.43. The third-order valence-corrected chi connectivity index (χ3v) is 3.69. The number of ether oxygens (including phenoxy) is 1. The van der Waals surface area contributed by atoms with Crippen molar-refractivity contribution < 1.29 is 4.74 Å². The molecule has 5 heteroatoms. The fraction of sp³-hybridized carbons (Fsp3) is 0.214. The van der Waals surface area contributed by atoms with Crippen LogP contribution in [0, 0.1) is 6.92 Å². The summed E-state index contributed by atoms with van der Waals surface area (Å²) in [5.41, 5.74) is 6.09. The highest BCUT2D eigenvalue weighted by molar-refractivity contribution is 9.10. The number of aromatic nitrogens is 1. The molecule has 0 bridgehead atoms. The van der Waals surface area contributed by atoms with Crippen LogP contribution in [0.2, 0.25) is 0 Å². The number of hydrazine groups is 1. The van der Waals surface area contributed by atoms with E-state index in [1.54, 1.807) is 13.3 Å². The lowest BCUT2D eigenvalue weighted by Crippen LogP contribution is -2.29. The number of rotatable bonds is 4. The van der Waals surface area contributed by atoms with Gasteiger partial charge in [0.15, 0.2) is 0 Å². The summed E-state index contributed by atoms with van der Waals surface area (Å²) in [6, 6.07) is 7.76. The molecular formula is C14H16BrN3O. The molecule has 0 aliphatic rings. The van der Waals surface area contributed by atoms with Gasteiger partial charge in [0, 0.05) is 12.4 Å². The molecule has 0 saturated carbocycles. The van der Waals surface area contributed by atoms with E-state index in [4.69, 9.17) is 10.6 Å². The van der Waals surface area contributed by atoms with Gasteiger partial charge >= 0.3 is 0 Å². The summed E-state index contributed by atoms with van der Waals surface area (Å²) < 4.78 is 6.13. The van der Waals surface area contributed by atoms with Crippen molar-refractivity contribution in [2.75, 3.05) is 7.11 Å². The Morgan fingerprint density at radius 1 is 1.37 bits per heavy atom. The van der Waals surface area contributed by atoms with Gasteiger partial charge in [0.05, 0.1) is 17.6 Å². The molecule has 0 aliphatic heterocycles. The number of hydrogen-bond donors (Lipinski definition) is 2. The molecule has 0 spiro atoms. The molecule has 0 saturated heterocycles. The lowest BCUT2D eigenvalue weighted by Gasteiger charge is -2.19. The van der Waals surface area contributed by atoms with Crippen molar-refractivity contribution in [1.29, 1.82) is 0 Å². The third-order valence-electron chi connectivity index (χ3n) is 3.07. The second-order valence-electron chi connectivity index (χ2n) is 4.23. The van der Waals surface area contributed by atoms with Crippen molar-refractivity contribution in [3.8, 4) is 5.75 Å². The SMILES string of the molecule is COc1ccc(C(NN)c2cnccc2C)cc1Br. The van der Waals surface area contributed by atoms with Crippen molar-refractivity contribution in [3.63, 3.8) is 0 Å². The Labute approximate surface area is 121 Å². The number of nitrogens with two attached hydrogens (primary N) is 1. The number of hydrogen-bond acceptors (Lipinski definition) is 4. The lowest BCUT2D eigenvalue weighted by molar-refractivity contribution is 0.411. The summed E-state index contributed by atoms with van der Waals surface area (Å²) >= 11 is 3.49. The van der Waals surface area contributed by atoms with E-state index in [-0.39, 0.29) is 6.04 Å². The standard InChI is InChI=1S/C14H16BrN3O/c1-9-5-6-17-8-11(9)14(18-16)10-3-4-13(19-2)12(15)7-10/h3-8,14,18H,16H2,1-2H3. The summed E-state index contributed by atoms with van der Waals surface area (Å²) in [6.07, 6.45) is 3.61. The van der Waals surface area contributed by atoms with Gasteiger partial charge in [-0.25, -0.2) is 5.43 Å². The zero-order chi connectivity index (χ0) is 13.8. The predicted molar refractivity (Wildman–Crippen MR) is 78.8 cm³/mol. The van der Waals surface area contributed by atoms with E-state index in [2.05, 4.69) is 26.3 Å². The zero-order valence-electron chi connectivity index (χ0n) is 10.9. The van der Waals surface area contributed by atoms with Gasteiger partial charge in [-0.2, -0.15) is 0 Å². The number of aryl methyl sites for hydroxylation is 1. The number of methoxy groups -OCH3 is 1. The first-order valence-electron chi connectivity index (χ1n) is 5.87. The van der Waals surface area contributed by atoms with Crippen molar-refractivity contribution >= 4 is 15.9 Å². The minimum absolute atomic E-state index is 0.101. The monoisotopic (exact) mass is 321 g/mol. The Kier molecular flexibility index (Phi) is 4.52. The molecule has 1 aromatic heterocycles. The van der Waals surface area contributed by atoms with Crippen molar-refractivity contribution in [2.45, 2.75) is 13.0 Å². The fourth-order valence-corrected chi connectivity index (χ4v) is 2.56. The summed E-state index contributed by atoms with van der Waals surface area (Å²) in [4.78, 5) is 4.16. The smallest absolute Gasteiger partial charge is 0.133 e. The van der Waals surface area contributed by atoms with Gasteiger partial charge in [-0.05, 0) is 57.7 Å². The number of halogens is 1. The van der Waals surface area contributed by atoms with E-state index in [0.29, 0.717) is 0 Å². The van der Waals surface area contributed by atoms with Gasteiger partial charge < -0.3 is 4.74 Å². The molecule has 0 fully saturated rings. The summed E-state index contributed by atoms with van der Waals surface area (Å²) in [7, 11) is 1.64. The Morgan fingerprint density at radius 2 is 2.16 bits per heavy atom. The number of pyridine rings is 1. The van der Waals surface area contributed by atoms with E-state index in [1.807, 2.05) is 37.4 Å². The van der Waals surface area contributed by atoms with Gasteiger partial charge in [0.25, 0.3) is 0 Å². The lowest BCUT2D eigenvalue weighted by atomic mass is 9.97. The maximum atomic E-state index is 5.70. The van der Waals surface area contributed by atoms with Crippen molar-refractivity contribution in [2.24, 2.45) is 5.84 Å². The molecule has 100 valence electrons. The van der Waals surface area contributed by atoms with Crippen LogP contribution in [-0.4, -0.2) is 12.1 Å². The molecule has 0 amide bonds. The van der Waals surface area contributed by atoms with Gasteiger partial charge in [0.2, 0.25) is 0 Å². The molecule has 1 unspecified atom stereocenters. The Hall–Kier alpha value is -1.43. The third kappa shape index (κ3) is 2.94. The number of nitrogens with zero attached hydrogens (tertiary/aromatic N) is 1. The fourth-order valence-electron chi connectivity index (χ4n) is 2.01. The van der Waals surface area contributed by atoms with Gasteiger partial charge in [-0.1, -0.05) is 6.07 Å². The minimum Gasteiger partial charge on any atom is -0.496 e. The Morgan fingerprint density at radius 3 is 2.74 bits per heavy atom. The van der Waals surface area contributed by atoms with E-state index in [9.17, 15) is 0 Å². The van der Waals surface area contributed by atoms with Crippen LogP contribution in [0.3, 0.4) is 0 Å². The van der Waals surface area contributed by atoms with Crippen LogP contribution >= 0.6 is 15.9 Å². The van der Waals surface area contributed by atoms with E-state index in [0.717, 1.165) is 26.9 Å². The van der Waals surface area contributed by atoms with Crippen LogP contribution in [0.5, 0.6) is 5.75 Å². The number of benzene rings is 1. The van der Waals surface area contributed by atoms with Crippen molar-refractivity contribution in [1.82, 2.24) is 10.4 Å². The van der Waals surface area contributed by atoms with Crippen LogP contribution < -0.4 is 16.0 Å². The molecule has 0 radical (unpaired) electrons. The molecule has 0 aliphatic carbocycles. The molecule has 1 aromatic carbocycles. The normalized spacial score (nSPS) is 12.2.